The average Bonchev–Trinajstić information content (AvgIpc) is 3.14. The van der Waals surface area contributed by atoms with Crippen LogP contribution in [0.5, 0.6) is 0 Å². The molecule has 2 aromatic heterocycles. The van der Waals surface area contributed by atoms with Crippen LogP contribution in [0.2, 0.25) is 0 Å². The number of anilines is 2. The molecule has 158 valence electrons. The molecule has 0 saturated carbocycles. The number of carbonyl (C=O) groups is 2. The molecular weight excluding hydrogens is 409 g/mol. The van der Waals surface area contributed by atoms with Gasteiger partial charge in [0.15, 0.2) is 12.1 Å². The van der Waals surface area contributed by atoms with Gasteiger partial charge in [-0.25, -0.2) is 18.2 Å². The second-order valence-corrected chi connectivity index (χ2v) is 7.11. The summed E-state index contributed by atoms with van der Waals surface area (Å²) in [5, 5.41) is 2.68. The second kappa shape index (κ2) is 8.17. The van der Waals surface area contributed by atoms with Gasteiger partial charge in [-0.3, -0.25) is 14.6 Å². The van der Waals surface area contributed by atoms with Gasteiger partial charge in [0.25, 0.3) is 11.8 Å². The van der Waals surface area contributed by atoms with E-state index in [1.54, 1.807) is 6.07 Å². The van der Waals surface area contributed by atoms with Crippen LogP contribution >= 0.6 is 0 Å². The summed E-state index contributed by atoms with van der Waals surface area (Å²) >= 11 is 0. The highest BCUT2D eigenvalue weighted by atomic mass is 19.3. The first-order chi connectivity index (χ1) is 14.9. The van der Waals surface area contributed by atoms with E-state index in [-0.39, 0.29) is 41.3 Å². The van der Waals surface area contributed by atoms with Crippen molar-refractivity contribution in [2.24, 2.45) is 0 Å². The Morgan fingerprint density at radius 2 is 1.90 bits per heavy atom. The van der Waals surface area contributed by atoms with E-state index in [0.717, 1.165) is 0 Å². The number of hydrogen-bond donors (Lipinski definition) is 1. The van der Waals surface area contributed by atoms with Crippen LogP contribution in [0, 0.1) is 5.82 Å². The third-order valence-electron chi connectivity index (χ3n) is 4.97. The minimum absolute atomic E-state index is 0.0409. The predicted octanol–water partition coefficient (Wildman–Crippen LogP) is 4.19. The maximum atomic E-state index is 14.5. The first-order valence-electron chi connectivity index (χ1n) is 9.47. The third-order valence-corrected chi connectivity index (χ3v) is 4.97. The predicted molar refractivity (Wildman–Crippen MR) is 109 cm³/mol. The Kier molecular flexibility index (Phi) is 5.41. The van der Waals surface area contributed by atoms with Crippen molar-refractivity contribution >= 4 is 23.7 Å². The number of alkyl halides is 2. The van der Waals surface area contributed by atoms with Crippen molar-refractivity contribution in [1.29, 1.82) is 0 Å². The van der Waals surface area contributed by atoms with Crippen LogP contribution in [-0.4, -0.2) is 41.2 Å². The highest BCUT2D eigenvalue weighted by molar-refractivity contribution is 6.08. The zero-order chi connectivity index (χ0) is 22.0. The first kappa shape index (κ1) is 20.5. The monoisotopic (exact) mass is 426 g/mol. The molecule has 6 nitrogen and oxygen atoms in total. The standard InChI is InChI=1S/C22H17F3N4O2/c23-18-4-2-1-3-16(18)17-7-9-26-20(29-10-8-22(24,25)13-29)19(17)28-21(31)14-5-6-15(12-30)27-11-14/h1-7,9,11-12H,8,10,13H2,(H,28,31). The number of aldehydes is 1. The highest BCUT2D eigenvalue weighted by Gasteiger charge is 2.40. The van der Waals surface area contributed by atoms with E-state index in [2.05, 4.69) is 15.3 Å². The summed E-state index contributed by atoms with van der Waals surface area (Å²) in [5.74, 6) is -3.88. The lowest BCUT2D eigenvalue weighted by Crippen LogP contribution is -2.27. The molecular formula is C22H17F3N4O2. The van der Waals surface area contributed by atoms with Crippen LogP contribution in [0.1, 0.15) is 27.3 Å². The fraction of sp³-hybridized carbons (Fsp3) is 0.182. The minimum Gasteiger partial charge on any atom is -0.349 e. The van der Waals surface area contributed by atoms with E-state index in [1.807, 2.05) is 0 Å². The molecule has 0 radical (unpaired) electrons. The molecule has 31 heavy (non-hydrogen) atoms. The van der Waals surface area contributed by atoms with Crippen molar-refractivity contribution < 1.29 is 22.8 Å². The molecule has 0 atom stereocenters. The number of aromatic nitrogens is 2. The van der Waals surface area contributed by atoms with Crippen LogP contribution in [0.4, 0.5) is 24.7 Å². The average molecular weight is 426 g/mol. The summed E-state index contributed by atoms with van der Waals surface area (Å²) in [4.78, 5) is 33.1. The lowest BCUT2D eigenvalue weighted by atomic mass is 10.0. The normalized spacial score (nSPS) is 15.0. The Labute approximate surface area is 175 Å². The Morgan fingerprint density at radius 3 is 2.55 bits per heavy atom. The number of nitrogens with zero attached hydrogens (tertiary/aromatic N) is 3. The minimum atomic E-state index is -2.88. The zero-order valence-electron chi connectivity index (χ0n) is 16.2. The highest BCUT2D eigenvalue weighted by Crippen LogP contribution is 2.39. The summed E-state index contributed by atoms with van der Waals surface area (Å²) in [7, 11) is 0. The first-order valence-corrected chi connectivity index (χ1v) is 9.47. The van der Waals surface area contributed by atoms with E-state index >= 15 is 0 Å². The number of hydrogen-bond acceptors (Lipinski definition) is 5. The summed E-state index contributed by atoms with van der Waals surface area (Å²) in [6.07, 6.45) is 2.82. The summed E-state index contributed by atoms with van der Waals surface area (Å²) < 4.78 is 42.2. The van der Waals surface area contributed by atoms with Crippen molar-refractivity contribution in [3.63, 3.8) is 0 Å². The van der Waals surface area contributed by atoms with Crippen molar-refractivity contribution in [1.82, 2.24) is 9.97 Å². The van der Waals surface area contributed by atoms with Gasteiger partial charge in [-0.1, -0.05) is 18.2 Å². The lowest BCUT2D eigenvalue weighted by molar-refractivity contribution is 0.0256. The van der Waals surface area contributed by atoms with Crippen LogP contribution < -0.4 is 10.2 Å². The summed E-state index contributed by atoms with van der Waals surface area (Å²) in [6.45, 7) is -0.516. The molecule has 1 saturated heterocycles. The number of pyridine rings is 2. The molecule has 1 N–H and O–H groups in total. The summed E-state index contributed by atoms with van der Waals surface area (Å²) in [6, 6.07) is 10.3. The van der Waals surface area contributed by atoms with Crippen LogP contribution in [0.15, 0.2) is 54.9 Å². The van der Waals surface area contributed by atoms with E-state index in [4.69, 9.17) is 0 Å². The van der Waals surface area contributed by atoms with E-state index < -0.39 is 24.2 Å². The molecule has 1 amide bonds. The molecule has 1 aliphatic rings. The lowest BCUT2D eigenvalue weighted by Gasteiger charge is -2.23. The van der Waals surface area contributed by atoms with Gasteiger partial charge in [0.1, 0.15) is 11.5 Å². The number of rotatable bonds is 5. The molecule has 1 fully saturated rings. The smallest absolute Gasteiger partial charge is 0.266 e. The largest absolute Gasteiger partial charge is 0.349 e. The van der Waals surface area contributed by atoms with Crippen molar-refractivity contribution in [3.05, 3.63) is 71.9 Å². The topological polar surface area (TPSA) is 75.2 Å². The van der Waals surface area contributed by atoms with Crippen molar-refractivity contribution in [2.75, 3.05) is 23.3 Å². The van der Waals surface area contributed by atoms with Crippen LogP contribution in [0.3, 0.4) is 0 Å². The molecule has 0 bridgehead atoms. The van der Waals surface area contributed by atoms with Crippen LogP contribution in [-0.2, 0) is 0 Å². The fourth-order valence-electron chi connectivity index (χ4n) is 3.43. The molecule has 4 rings (SSSR count). The van der Waals surface area contributed by atoms with Gasteiger partial charge in [-0.15, -0.1) is 0 Å². The third kappa shape index (κ3) is 4.25. The molecule has 0 aliphatic carbocycles. The Morgan fingerprint density at radius 1 is 1.10 bits per heavy atom. The Hall–Kier alpha value is -3.75. The maximum Gasteiger partial charge on any atom is 0.266 e. The maximum absolute atomic E-state index is 14.5. The van der Waals surface area contributed by atoms with Crippen molar-refractivity contribution in [3.8, 4) is 11.1 Å². The van der Waals surface area contributed by atoms with Gasteiger partial charge in [-0.2, -0.15) is 0 Å². The number of halogens is 3. The van der Waals surface area contributed by atoms with Gasteiger partial charge in [0.05, 0.1) is 17.8 Å². The van der Waals surface area contributed by atoms with Gasteiger partial charge >= 0.3 is 0 Å². The zero-order valence-corrected chi connectivity index (χ0v) is 16.2. The SMILES string of the molecule is O=Cc1ccc(C(=O)Nc2c(-c3ccccc3F)ccnc2N2CCC(F)(F)C2)cn1. The molecule has 1 aromatic carbocycles. The quantitative estimate of drug-likeness (QED) is 0.619. The Balaban J connectivity index is 1.78. The number of nitrogens with one attached hydrogen (secondary N) is 1. The molecule has 0 unspecified atom stereocenters. The van der Waals surface area contributed by atoms with E-state index in [9.17, 15) is 22.8 Å². The number of benzene rings is 1. The van der Waals surface area contributed by atoms with Gasteiger partial charge in [0.2, 0.25) is 0 Å². The molecule has 3 aromatic rings. The van der Waals surface area contributed by atoms with Gasteiger partial charge < -0.3 is 10.2 Å². The second-order valence-electron chi connectivity index (χ2n) is 7.11. The number of amides is 1. The summed E-state index contributed by atoms with van der Waals surface area (Å²) in [5.41, 5.74) is 0.928. The van der Waals surface area contributed by atoms with Crippen molar-refractivity contribution in [2.45, 2.75) is 12.3 Å². The van der Waals surface area contributed by atoms with Gasteiger partial charge in [0, 0.05) is 36.5 Å². The molecule has 1 aliphatic heterocycles. The van der Waals surface area contributed by atoms with E-state index in [0.29, 0.717) is 11.8 Å². The molecule has 9 heteroatoms. The molecule has 0 spiro atoms. The van der Waals surface area contributed by atoms with Gasteiger partial charge in [-0.05, 0) is 24.3 Å². The number of carbonyl (C=O) groups excluding carboxylic acids is 2. The Bertz CT molecular complexity index is 1140. The van der Waals surface area contributed by atoms with Crippen LogP contribution in [0.25, 0.3) is 11.1 Å². The fourth-order valence-corrected chi connectivity index (χ4v) is 3.43. The molecule has 3 heterocycles. The van der Waals surface area contributed by atoms with E-state index in [1.165, 1.54) is 53.7 Å².